The zero-order valence-corrected chi connectivity index (χ0v) is 19.3. The van der Waals surface area contributed by atoms with Crippen LogP contribution in [0, 0.1) is 5.92 Å². The number of piperidine rings is 1. The first-order valence-corrected chi connectivity index (χ1v) is 12.6. The molecule has 0 aromatic rings. The zero-order chi connectivity index (χ0) is 21.6. The van der Waals surface area contributed by atoms with E-state index < -0.39 is 5.54 Å². The lowest BCUT2D eigenvalue weighted by atomic mass is 9.86. The molecular weight excluding hydrogens is 376 g/mol. The van der Waals surface area contributed by atoms with E-state index in [9.17, 15) is 9.90 Å². The second-order valence-corrected chi connectivity index (χ2v) is 9.87. The SMILES string of the molecule is CCCCC1(CCCC)N=C(N)N(C2CCN(C(O)CC3CCCCC3)CC2)C1=O. The number of amides is 1. The van der Waals surface area contributed by atoms with Crippen LogP contribution in [0.1, 0.15) is 104 Å². The average Bonchev–Trinajstić information content (AvgIpc) is 3.01. The average molecular weight is 421 g/mol. The number of aliphatic hydroxyl groups excluding tert-OH is 1. The summed E-state index contributed by atoms with van der Waals surface area (Å²) >= 11 is 0. The van der Waals surface area contributed by atoms with Crippen molar-refractivity contribution in [2.75, 3.05) is 13.1 Å². The molecule has 30 heavy (non-hydrogen) atoms. The number of aliphatic hydroxyl groups is 1. The number of likely N-dealkylation sites (tertiary alicyclic amines) is 1. The Morgan fingerprint density at radius 3 is 2.23 bits per heavy atom. The van der Waals surface area contributed by atoms with Gasteiger partial charge in [0.15, 0.2) is 5.96 Å². The van der Waals surface area contributed by atoms with Crippen LogP contribution in [0.15, 0.2) is 4.99 Å². The van der Waals surface area contributed by atoms with Crippen LogP contribution in [0.4, 0.5) is 0 Å². The molecule has 3 aliphatic rings. The summed E-state index contributed by atoms with van der Waals surface area (Å²) in [5.74, 6) is 1.23. The molecule has 1 atom stereocenters. The molecule has 6 nitrogen and oxygen atoms in total. The molecule has 1 aliphatic carbocycles. The van der Waals surface area contributed by atoms with Gasteiger partial charge >= 0.3 is 0 Å². The lowest BCUT2D eigenvalue weighted by Crippen LogP contribution is -2.54. The minimum atomic E-state index is -0.631. The minimum Gasteiger partial charge on any atom is -0.378 e. The summed E-state index contributed by atoms with van der Waals surface area (Å²) in [7, 11) is 0. The van der Waals surface area contributed by atoms with Gasteiger partial charge in [0.05, 0.1) is 0 Å². The monoisotopic (exact) mass is 420 g/mol. The van der Waals surface area contributed by atoms with E-state index in [-0.39, 0.29) is 18.2 Å². The Bertz CT molecular complexity index is 572. The molecule has 1 unspecified atom stereocenters. The molecule has 1 saturated heterocycles. The predicted octanol–water partition coefficient (Wildman–Crippen LogP) is 4.02. The van der Waals surface area contributed by atoms with Crippen LogP contribution in [0.5, 0.6) is 0 Å². The standard InChI is InChI=1S/C24H44N4O2/c1-3-5-14-24(15-6-4-2)22(30)28(23(25)26-24)20-12-16-27(17-13-20)21(29)18-19-10-8-7-9-11-19/h19-21,29H,3-18H2,1-2H3,(H2,25,26). The number of nitrogens with two attached hydrogens (primary N) is 1. The molecule has 0 aromatic heterocycles. The zero-order valence-electron chi connectivity index (χ0n) is 19.3. The Hall–Kier alpha value is -1.14. The van der Waals surface area contributed by atoms with Crippen molar-refractivity contribution < 1.29 is 9.90 Å². The number of aliphatic imine (C=N–C) groups is 1. The first kappa shape index (κ1) is 23.5. The van der Waals surface area contributed by atoms with E-state index in [0.29, 0.717) is 11.9 Å². The van der Waals surface area contributed by atoms with Crippen molar-refractivity contribution in [3.05, 3.63) is 0 Å². The molecule has 0 radical (unpaired) electrons. The fourth-order valence-corrected chi connectivity index (χ4v) is 5.70. The van der Waals surface area contributed by atoms with Gasteiger partial charge in [0.2, 0.25) is 0 Å². The van der Waals surface area contributed by atoms with Gasteiger partial charge in [-0.2, -0.15) is 0 Å². The Morgan fingerprint density at radius 1 is 1.07 bits per heavy atom. The van der Waals surface area contributed by atoms with Gasteiger partial charge in [-0.3, -0.25) is 14.6 Å². The number of guanidine groups is 1. The van der Waals surface area contributed by atoms with Gasteiger partial charge < -0.3 is 10.8 Å². The molecule has 2 fully saturated rings. The van der Waals surface area contributed by atoms with Crippen LogP contribution in [-0.4, -0.2) is 57.7 Å². The molecule has 1 saturated carbocycles. The molecular formula is C24H44N4O2. The predicted molar refractivity (Wildman–Crippen MR) is 122 cm³/mol. The van der Waals surface area contributed by atoms with Crippen LogP contribution < -0.4 is 5.73 Å². The highest BCUT2D eigenvalue weighted by atomic mass is 16.3. The van der Waals surface area contributed by atoms with Crippen LogP contribution in [-0.2, 0) is 4.79 Å². The highest BCUT2D eigenvalue weighted by Gasteiger charge is 2.49. The maximum absolute atomic E-state index is 13.5. The quantitative estimate of drug-likeness (QED) is 0.559. The number of unbranched alkanes of at least 4 members (excludes halogenated alkanes) is 2. The molecule has 6 heteroatoms. The smallest absolute Gasteiger partial charge is 0.257 e. The lowest BCUT2D eigenvalue weighted by Gasteiger charge is -2.40. The Labute approximate surface area is 183 Å². The minimum absolute atomic E-state index is 0.115. The molecule has 3 N–H and O–H groups in total. The Morgan fingerprint density at radius 2 is 1.67 bits per heavy atom. The summed E-state index contributed by atoms with van der Waals surface area (Å²) in [4.78, 5) is 22.3. The third-order valence-electron chi connectivity index (χ3n) is 7.63. The van der Waals surface area contributed by atoms with E-state index in [4.69, 9.17) is 10.7 Å². The Balaban J connectivity index is 1.56. The van der Waals surface area contributed by atoms with E-state index in [2.05, 4.69) is 18.7 Å². The molecule has 0 bridgehead atoms. The normalized spacial score (nSPS) is 25.0. The van der Waals surface area contributed by atoms with Crippen molar-refractivity contribution in [1.82, 2.24) is 9.80 Å². The van der Waals surface area contributed by atoms with Crippen molar-refractivity contribution in [2.45, 2.75) is 122 Å². The van der Waals surface area contributed by atoms with Gasteiger partial charge in [-0.15, -0.1) is 0 Å². The van der Waals surface area contributed by atoms with Gasteiger partial charge in [0, 0.05) is 19.1 Å². The van der Waals surface area contributed by atoms with Gasteiger partial charge in [0.1, 0.15) is 11.8 Å². The fraction of sp³-hybridized carbons (Fsp3) is 0.917. The summed E-state index contributed by atoms with van der Waals surface area (Å²) in [6, 6.07) is 0.115. The van der Waals surface area contributed by atoms with Gasteiger partial charge in [0.25, 0.3) is 5.91 Å². The molecule has 2 heterocycles. The fourth-order valence-electron chi connectivity index (χ4n) is 5.70. The van der Waals surface area contributed by atoms with E-state index in [1.54, 1.807) is 0 Å². The number of carbonyl (C=O) groups is 1. The maximum Gasteiger partial charge on any atom is 0.257 e. The number of hydrogen-bond acceptors (Lipinski definition) is 5. The second kappa shape index (κ2) is 10.9. The molecule has 1 amide bonds. The number of carbonyl (C=O) groups excluding carboxylic acids is 1. The van der Waals surface area contributed by atoms with Gasteiger partial charge in [-0.1, -0.05) is 71.6 Å². The van der Waals surface area contributed by atoms with Crippen LogP contribution in [0.3, 0.4) is 0 Å². The summed E-state index contributed by atoms with van der Waals surface area (Å²) < 4.78 is 0. The first-order chi connectivity index (χ1) is 14.5. The highest BCUT2D eigenvalue weighted by Crippen LogP contribution is 2.36. The summed E-state index contributed by atoms with van der Waals surface area (Å²) in [6.07, 6.45) is 14.5. The molecule has 2 aliphatic heterocycles. The van der Waals surface area contributed by atoms with Crippen LogP contribution >= 0.6 is 0 Å². The van der Waals surface area contributed by atoms with Crippen molar-refractivity contribution >= 4 is 11.9 Å². The van der Waals surface area contributed by atoms with Crippen LogP contribution in [0.2, 0.25) is 0 Å². The summed E-state index contributed by atoms with van der Waals surface area (Å²) in [5, 5.41) is 10.8. The highest BCUT2D eigenvalue weighted by molar-refractivity contribution is 6.07. The van der Waals surface area contributed by atoms with E-state index in [1.165, 1.54) is 32.1 Å². The Kier molecular flexibility index (Phi) is 8.58. The third kappa shape index (κ3) is 5.37. The van der Waals surface area contributed by atoms with Crippen molar-refractivity contribution in [3.63, 3.8) is 0 Å². The van der Waals surface area contributed by atoms with Crippen molar-refractivity contribution in [2.24, 2.45) is 16.6 Å². The van der Waals surface area contributed by atoms with Crippen LogP contribution in [0.25, 0.3) is 0 Å². The van der Waals surface area contributed by atoms with Crippen molar-refractivity contribution in [1.29, 1.82) is 0 Å². The van der Waals surface area contributed by atoms with Gasteiger partial charge in [-0.05, 0) is 38.0 Å². The van der Waals surface area contributed by atoms with Gasteiger partial charge in [-0.25, -0.2) is 4.99 Å². The van der Waals surface area contributed by atoms with E-state index in [1.807, 2.05) is 4.90 Å². The van der Waals surface area contributed by atoms with Crippen molar-refractivity contribution in [3.8, 4) is 0 Å². The molecule has 0 aromatic carbocycles. The molecule has 172 valence electrons. The van der Waals surface area contributed by atoms with E-state index in [0.717, 1.165) is 70.9 Å². The van der Waals surface area contributed by atoms with E-state index >= 15 is 0 Å². The molecule has 0 spiro atoms. The summed E-state index contributed by atoms with van der Waals surface area (Å²) in [5.41, 5.74) is 5.70. The lowest BCUT2D eigenvalue weighted by molar-refractivity contribution is -0.134. The largest absolute Gasteiger partial charge is 0.378 e. The number of rotatable bonds is 10. The topological polar surface area (TPSA) is 82.2 Å². The first-order valence-electron chi connectivity index (χ1n) is 12.6. The number of hydrogen-bond donors (Lipinski definition) is 2. The molecule has 3 rings (SSSR count). The second-order valence-electron chi connectivity index (χ2n) is 9.87. The summed E-state index contributed by atoms with van der Waals surface area (Å²) in [6.45, 7) is 5.97. The third-order valence-corrected chi connectivity index (χ3v) is 7.63. The maximum atomic E-state index is 13.5. The number of nitrogens with zero attached hydrogens (tertiary/aromatic N) is 3.